The molecular weight excluding hydrogens is 1980 g/mol. The second-order valence-electron chi connectivity index (χ2n) is 33.0. The van der Waals surface area contributed by atoms with Gasteiger partial charge in [0.05, 0.1) is 50.0 Å². The Morgan fingerprint density at radius 2 is 0.810 bits per heavy atom. The van der Waals surface area contributed by atoms with Gasteiger partial charge in [0, 0.05) is 100 Å². The number of aliphatic hydroxyl groups is 5. The highest BCUT2D eigenvalue weighted by Crippen LogP contribution is 2.53. The lowest BCUT2D eigenvalue weighted by molar-refractivity contribution is 0.0174. The van der Waals surface area contributed by atoms with Crippen molar-refractivity contribution in [2.75, 3.05) is 27.4 Å². The van der Waals surface area contributed by atoms with Crippen molar-refractivity contribution in [3.05, 3.63) is 415 Å². The van der Waals surface area contributed by atoms with Gasteiger partial charge in [0.2, 0.25) is 0 Å². The summed E-state index contributed by atoms with van der Waals surface area (Å²) in [5, 5.41) is 87.1. The number of H-pyrrole nitrogens is 2. The minimum absolute atomic E-state index is 0. The van der Waals surface area contributed by atoms with Gasteiger partial charge in [-0.3, -0.25) is 0 Å². The second-order valence-corrected chi connectivity index (χ2v) is 44.3. The molecule has 0 amide bonds. The number of nitrogens with one attached hydrogen (secondary N) is 2. The predicted molar refractivity (Wildman–Crippen MR) is 588 cm³/mol. The number of aryl methyl sites for hydroxylation is 1. The Labute approximate surface area is 850 Å². The van der Waals surface area contributed by atoms with Crippen molar-refractivity contribution in [3.8, 4) is 71.8 Å². The van der Waals surface area contributed by atoms with Crippen LogP contribution < -0.4 is 18.9 Å². The molecule has 8 aromatic carbocycles. The van der Waals surface area contributed by atoms with Crippen LogP contribution in [0.3, 0.4) is 0 Å². The maximum absolute atomic E-state index is 12.3. The van der Waals surface area contributed by atoms with E-state index in [1.54, 1.807) is 146 Å². The fraction of sp³-hybridized carbons (Fsp3) is 0.168. The third-order valence-electron chi connectivity index (χ3n) is 25.0. The van der Waals surface area contributed by atoms with Crippen LogP contribution in [0.2, 0.25) is 0 Å². The number of hydrogen-bond acceptors (Lipinski definition) is 21. The van der Waals surface area contributed by atoms with Crippen molar-refractivity contribution in [2.45, 2.75) is 96.9 Å². The average molecular weight is 2080 g/mol. The maximum atomic E-state index is 12.3. The molecule has 0 radical (unpaired) electrons. The second kappa shape index (κ2) is 41.6. The average Bonchev–Trinajstić information content (AvgIpc) is 1.64. The molecule has 2 aliphatic heterocycles. The summed E-state index contributed by atoms with van der Waals surface area (Å²) in [5.74, 6) is 3.35. The van der Waals surface area contributed by atoms with Gasteiger partial charge in [-0.15, -0.1) is 125 Å². The fourth-order valence-electron chi connectivity index (χ4n) is 18.3. The van der Waals surface area contributed by atoms with E-state index in [9.17, 15) is 25.5 Å². The first-order valence-corrected chi connectivity index (χ1v) is 53.8. The van der Waals surface area contributed by atoms with Crippen LogP contribution >= 0.6 is 141 Å². The van der Waals surface area contributed by atoms with Crippen molar-refractivity contribution in [2.24, 2.45) is 0 Å². The quantitative estimate of drug-likeness (QED) is 0.0385. The van der Waals surface area contributed by atoms with Gasteiger partial charge in [-0.1, -0.05) is 153 Å². The predicted octanol–water partition coefficient (Wildman–Crippen LogP) is 32.5. The van der Waals surface area contributed by atoms with E-state index in [4.69, 9.17) is 23.7 Å². The number of benzene rings is 8. The van der Waals surface area contributed by atoms with Crippen LogP contribution in [0.4, 0.5) is 0 Å². The number of halogens is 1. The molecule has 12 nitrogen and oxygen atoms in total. The van der Waals surface area contributed by atoms with Crippen molar-refractivity contribution in [1.82, 2.24) is 9.97 Å². The van der Waals surface area contributed by atoms with E-state index in [-0.39, 0.29) is 22.3 Å². The first kappa shape index (κ1) is 97.7. The van der Waals surface area contributed by atoms with E-state index in [2.05, 4.69) is 198 Å². The molecule has 24 heteroatoms. The van der Waals surface area contributed by atoms with Crippen molar-refractivity contribution >= 4 is 188 Å². The smallest absolute Gasteiger partial charge is 0.171 e. The molecule has 3 aliphatic rings. The third-order valence-corrected chi connectivity index (χ3v) is 36.5. The SMILES string of the molecule is C.C.C.CC(O)(c1ccc2c(c1)sc1ccccc12)c1ccsc1-c1cccs1.CC(O)(c1ccsc1-c1cccs1)c1cc2c(ccc3ccccc32)c2c1CCC2.COc1ccc(OC)c2c1C=C(C(C)(O)c1ccsc1-c1cccs1)OC2.OC(c1ccc(Br)cc1)(c1ccc2c(c1)OCCO2)c1ccsc1-c1cccs1.OC(c1ccc[nH]1)(c1ccc[nH]1)c1ccsc1-c1cccs1. The lowest BCUT2D eigenvalue weighted by Gasteiger charge is -2.31. The lowest BCUT2D eigenvalue weighted by atomic mass is 9.80. The van der Waals surface area contributed by atoms with E-state index in [1.807, 2.05) is 169 Å². The number of aromatic nitrogens is 2. The summed E-state index contributed by atoms with van der Waals surface area (Å²) >= 11 is 22.1. The highest BCUT2D eigenvalue weighted by molar-refractivity contribution is 9.10. The number of hydrogen-bond donors (Lipinski definition) is 7. The molecule has 1 aliphatic carbocycles. The molecule has 4 unspecified atom stereocenters. The number of aromatic amines is 2. The van der Waals surface area contributed by atoms with Gasteiger partial charge in [0.15, 0.2) is 17.1 Å². The van der Waals surface area contributed by atoms with E-state index in [1.165, 1.54) is 72.4 Å². The molecular formula is C113H101BrN2O10S11. The molecule has 0 fully saturated rings. The molecule has 137 heavy (non-hydrogen) atoms. The van der Waals surface area contributed by atoms with Crippen molar-refractivity contribution in [3.63, 3.8) is 0 Å². The van der Waals surface area contributed by atoms with Gasteiger partial charge in [0.1, 0.15) is 59.5 Å². The van der Waals surface area contributed by atoms with Gasteiger partial charge in [-0.2, -0.15) is 0 Å². The minimum atomic E-state index is -1.32. The highest BCUT2D eigenvalue weighted by Gasteiger charge is 2.43. The highest BCUT2D eigenvalue weighted by atomic mass is 79.9. The third kappa shape index (κ3) is 18.7. The number of rotatable bonds is 19. The molecule has 21 aromatic rings. The summed E-state index contributed by atoms with van der Waals surface area (Å²) in [7, 11) is 3.27. The first-order chi connectivity index (χ1) is 65.3. The van der Waals surface area contributed by atoms with E-state index in [0.717, 1.165) is 137 Å². The zero-order valence-corrected chi connectivity index (χ0v) is 83.7. The summed E-state index contributed by atoms with van der Waals surface area (Å²) in [6.45, 7) is 7.02. The van der Waals surface area contributed by atoms with Gasteiger partial charge in [-0.05, 0) is 294 Å². The number of fused-ring (bicyclic) bond motifs is 10. The molecule has 15 heterocycles. The van der Waals surface area contributed by atoms with E-state index < -0.39 is 28.0 Å². The normalized spacial score (nSPS) is 14.2. The molecule has 24 rings (SSSR count). The Morgan fingerprint density at radius 1 is 0.343 bits per heavy atom. The molecule has 696 valence electrons. The topological polar surface area (TPSA) is 179 Å². The molecule has 0 saturated heterocycles. The van der Waals surface area contributed by atoms with Gasteiger partial charge in [0.25, 0.3) is 0 Å². The Kier molecular flexibility index (Phi) is 29.7. The minimum Gasteiger partial charge on any atom is -0.496 e. The monoisotopic (exact) mass is 2080 g/mol. The van der Waals surface area contributed by atoms with Gasteiger partial charge < -0.3 is 59.2 Å². The molecule has 0 saturated carbocycles. The van der Waals surface area contributed by atoms with Gasteiger partial charge in [-0.25, -0.2) is 0 Å². The molecule has 4 atom stereocenters. The summed E-state index contributed by atoms with van der Waals surface area (Å²) in [4.78, 5) is 17.8. The lowest BCUT2D eigenvalue weighted by Crippen LogP contribution is -2.29. The number of thiophene rings is 11. The van der Waals surface area contributed by atoms with Gasteiger partial charge >= 0.3 is 0 Å². The summed E-state index contributed by atoms with van der Waals surface area (Å²) < 4.78 is 31.9. The Morgan fingerprint density at radius 3 is 1.35 bits per heavy atom. The van der Waals surface area contributed by atoms with Crippen LogP contribution in [-0.2, 0) is 52.2 Å². The molecule has 13 aromatic heterocycles. The largest absolute Gasteiger partial charge is 0.496 e. The Bertz CT molecular complexity index is 7630. The van der Waals surface area contributed by atoms with Crippen LogP contribution in [0.5, 0.6) is 23.0 Å². The fourth-order valence-corrected chi connectivity index (χ4v) is 29.1. The molecule has 0 spiro atoms. The zero-order valence-electron chi connectivity index (χ0n) is 73.1. The van der Waals surface area contributed by atoms with E-state index in [0.29, 0.717) is 37.1 Å². The Balaban J connectivity index is 0.000000118. The number of ether oxygens (including phenoxy) is 5. The van der Waals surface area contributed by atoms with Crippen LogP contribution in [-0.4, -0.2) is 62.9 Å². The molecule has 0 bridgehead atoms. The summed E-state index contributed by atoms with van der Waals surface area (Å²) in [5.41, 5.74) is 8.40. The number of methoxy groups -OCH3 is 2. The van der Waals surface area contributed by atoms with Crippen molar-refractivity contribution in [1.29, 1.82) is 0 Å². The van der Waals surface area contributed by atoms with Crippen molar-refractivity contribution < 1.29 is 49.2 Å². The van der Waals surface area contributed by atoms with Crippen LogP contribution in [0.25, 0.3) is 96.6 Å². The maximum Gasteiger partial charge on any atom is 0.171 e. The van der Waals surface area contributed by atoms with Crippen LogP contribution in [0, 0.1) is 0 Å². The standard InChI is InChI=1S/C27H22OS2.C23H17BrO3S2.C22H16OS3.C21H20O4S2.C17H14N2OS2.3CH4/c1-27(28,23-13-15-30-26(23)25-10-5-14-29-25)24-16-22-18-7-3-2-6-17(18)11-12-20(22)19-8-4-9-21(19)24;24-17-6-3-15(4-7-17)23(25,16-5-8-19-20(14-16)27-11-10-26-19)18-9-13-29-22(18)21-2-1-12-28-21;1-22(23,17-10-12-25-21(17)19-7-4-11-24-19)14-8-9-16-15-5-2-3-6-18(15)26-20(16)13-14;1-21(22,15-8-10-27-20(15)18-5-4-9-26-18)19-11-13-14(12-25-19)17(24-3)7-6-16(13)23-2;20-17(14-5-1-8-18-14,15-6-2-9-19-15)12-7-11-22-16(12)13-4-3-10-21-13;;;/h2-3,5-7,10-16,28H,4,8-9H2,1H3;1-9,12-14,25H,10-11H2;2-13,23H,1H3;4-11,22H,12H2,1-3H3;1-11,18-20H;3*1H4. The van der Waals surface area contributed by atoms with E-state index >= 15 is 0 Å². The summed E-state index contributed by atoms with van der Waals surface area (Å²) in [6.07, 6.45) is 8.82. The Hall–Kier alpha value is -10.9. The van der Waals surface area contributed by atoms with Crippen LogP contribution in [0.1, 0.15) is 133 Å². The summed E-state index contributed by atoms with van der Waals surface area (Å²) in [6, 6.07) is 86.0. The molecule has 7 N–H and O–H groups in total. The van der Waals surface area contributed by atoms with Crippen LogP contribution in [0.15, 0.2) is 331 Å². The first-order valence-electron chi connectivity index (χ1n) is 43.4. The zero-order chi connectivity index (χ0) is 91.9.